The van der Waals surface area contributed by atoms with Gasteiger partial charge in [-0.2, -0.15) is 5.10 Å². The summed E-state index contributed by atoms with van der Waals surface area (Å²) in [5, 5.41) is 11.4. The van der Waals surface area contributed by atoms with E-state index in [9.17, 15) is 9.59 Å². The number of carbonyl (C=O) groups is 2. The van der Waals surface area contributed by atoms with Gasteiger partial charge in [0.25, 0.3) is 5.91 Å². The van der Waals surface area contributed by atoms with Gasteiger partial charge in [0.15, 0.2) is 0 Å². The first-order valence-electron chi connectivity index (χ1n) is 9.60. The summed E-state index contributed by atoms with van der Waals surface area (Å²) in [4.78, 5) is 25.3. The summed E-state index contributed by atoms with van der Waals surface area (Å²) < 4.78 is 6.85. The van der Waals surface area contributed by atoms with Gasteiger partial charge in [0.05, 0.1) is 18.7 Å². The van der Waals surface area contributed by atoms with Crippen molar-refractivity contribution in [3.8, 4) is 11.1 Å². The van der Waals surface area contributed by atoms with E-state index in [4.69, 9.17) is 27.9 Å². The van der Waals surface area contributed by atoms with Crippen LogP contribution in [0.1, 0.15) is 23.7 Å². The Morgan fingerprint density at radius 2 is 1.97 bits per heavy atom. The van der Waals surface area contributed by atoms with E-state index in [0.717, 1.165) is 16.7 Å². The van der Waals surface area contributed by atoms with E-state index < -0.39 is 6.04 Å². The van der Waals surface area contributed by atoms with Crippen molar-refractivity contribution in [3.05, 3.63) is 63.8 Å². The molecule has 9 heteroatoms. The topological polar surface area (TPSA) is 85.2 Å². The minimum Gasteiger partial charge on any atom is -0.378 e. The largest absolute Gasteiger partial charge is 0.378 e. The Hall–Kier alpha value is -2.87. The lowest BCUT2D eigenvalue weighted by Crippen LogP contribution is -2.24. The maximum atomic E-state index is 12.7. The molecule has 1 aliphatic rings. The first kappa shape index (κ1) is 21.4. The Balaban J connectivity index is 1.61. The number of benzene rings is 2. The van der Waals surface area contributed by atoms with Gasteiger partial charge in [-0.3, -0.25) is 9.59 Å². The second kappa shape index (κ2) is 8.70. The minimum absolute atomic E-state index is 0.0709. The van der Waals surface area contributed by atoms with Crippen LogP contribution in [0.3, 0.4) is 0 Å². The standard InChI is InChI=1S/C22H20Cl2N4O3/c1-12-3-8-15(9-16(12)24)25-19(29)10-18-22(30)26-21-20(13-4-6-14(23)7-5-13)17(11-31-2)27-28(18)21/h3-9,18H,10-11H2,1-2H3,(H,25,29)(H,26,30). The van der Waals surface area contributed by atoms with Crippen molar-refractivity contribution in [1.82, 2.24) is 9.78 Å². The van der Waals surface area contributed by atoms with Crippen LogP contribution in [0.15, 0.2) is 42.5 Å². The maximum Gasteiger partial charge on any atom is 0.251 e. The van der Waals surface area contributed by atoms with E-state index in [0.29, 0.717) is 27.2 Å². The predicted octanol–water partition coefficient (Wildman–Crippen LogP) is 4.83. The number of anilines is 2. The van der Waals surface area contributed by atoms with Gasteiger partial charge in [-0.1, -0.05) is 41.4 Å². The van der Waals surface area contributed by atoms with Crippen molar-refractivity contribution in [2.45, 2.75) is 26.0 Å². The van der Waals surface area contributed by atoms with Gasteiger partial charge in [0, 0.05) is 28.4 Å². The van der Waals surface area contributed by atoms with E-state index >= 15 is 0 Å². The summed E-state index contributed by atoms with van der Waals surface area (Å²) in [7, 11) is 1.58. The molecule has 2 aromatic carbocycles. The lowest BCUT2D eigenvalue weighted by molar-refractivity contribution is -0.123. The molecule has 1 atom stereocenters. The van der Waals surface area contributed by atoms with E-state index in [1.165, 1.54) is 0 Å². The molecule has 1 aromatic heterocycles. The summed E-state index contributed by atoms with van der Waals surface area (Å²) in [5.41, 5.74) is 3.74. The van der Waals surface area contributed by atoms with Gasteiger partial charge in [0.1, 0.15) is 11.9 Å². The van der Waals surface area contributed by atoms with Gasteiger partial charge < -0.3 is 15.4 Å². The van der Waals surface area contributed by atoms with Gasteiger partial charge >= 0.3 is 0 Å². The Kier molecular flexibility index (Phi) is 6.00. The third-order valence-corrected chi connectivity index (χ3v) is 5.73. The number of hydrogen-bond acceptors (Lipinski definition) is 4. The zero-order valence-corrected chi connectivity index (χ0v) is 18.4. The molecule has 7 nitrogen and oxygen atoms in total. The van der Waals surface area contributed by atoms with Crippen molar-refractivity contribution in [2.24, 2.45) is 0 Å². The average molecular weight is 459 g/mol. The van der Waals surface area contributed by atoms with Crippen molar-refractivity contribution < 1.29 is 14.3 Å². The molecule has 0 aliphatic carbocycles. The van der Waals surface area contributed by atoms with Crippen LogP contribution in [0.2, 0.25) is 10.0 Å². The van der Waals surface area contributed by atoms with E-state index in [1.54, 1.807) is 36.1 Å². The third kappa shape index (κ3) is 4.30. The molecule has 0 saturated heterocycles. The highest BCUT2D eigenvalue weighted by atomic mass is 35.5. The Morgan fingerprint density at radius 3 is 2.65 bits per heavy atom. The van der Waals surface area contributed by atoms with Gasteiger partial charge in [-0.05, 0) is 42.3 Å². The number of nitrogens with zero attached hydrogens (tertiary/aromatic N) is 2. The van der Waals surface area contributed by atoms with E-state index in [-0.39, 0.29) is 24.8 Å². The first-order valence-corrected chi connectivity index (χ1v) is 10.4. The first-order chi connectivity index (χ1) is 14.9. The van der Waals surface area contributed by atoms with Crippen LogP contribution in [0.4, 0.5) is 11.5 Å². The van der Waals surface area contributed by atoms with Gasteiger partial charge in [-0.25, -0.2) is 4.68 Å². The van der Waals surface area contributed by atoms with Crippen LogP contribution in [0.25, 0.3) is 11.1 Å². The highest BCUT2D eigenvalue weighted by molar-refractivity contribution is 6.31. The molecule has 0 saturated carbocycles. The summed E-state index contributed by atoms with van der Waals surface area (Å²) in [5.74, 6) is -0.0703. The number of carbonyl (C=O) groups excluding carboxylic acids is 2. The molecule has 160 valence electrons. The molecule has 1 aliphatic heterocycles. The van der Waals surface area contributed by atoms with Gasteiger partial charge in [-0.15, -0.1) is 0 Å². The molecule has 3 aromatic rings. The minimum atomic E-state index is -0.771. The van der Waals surface area contributed by atoms with Crippen molar-refractivity contribution >= 4 is 46.5 Å². The lowest BCUT2D eigenvalue weighted by atomic mass is 10.1. The zero-order valence-electron chi connectivity index (χ0n) is 16.9. The highest BCUT2D eigenvalue weighted by Crippen LogP contribution is 2.39. The fourth-order valence-corrected chi connectivity index (χ4v) is 3.84. The molecular weight excluding hydrogens is 439 g/mol. The number of aryl methyl sites for hydroxylation is 1. The second-order valence-corrected chi connectivity index (χ2v) is 8.12. The number of hydrogen-bond donors (Lipinski definition) is 2. The maximum absolute atomic E-state index is 12.7. The Bertz CT molecular complexity index is 1160. The van der Waals surface area contributed by atoms with Crippen LogP contribution in [0, 0.1) is 6.92 Å². The smallest absolute Gasteiger partial charge is 0.251 e. The molecule has 0 radical (unpaired) electrons. The van der Waals surface area contributed by atoms with Crippen molar-refractivity contribution in [2.75, 3.05) is 17.7 Å². The number of nitrogens with one attached hydrogen (secondary N) is 2. The summed E-state index contributed by atoms with van der Waals surface area (Å²) >= 11 is 12.1. The Labute approximate surface area is 189 Å². The molecule has 0 bridgehead atoms. The molecule has 2 heterocycles. The normalized spacial score (nSPS) is 15.0. The van der Waals surface area contributed by atoms with Crippen molar-refractivity contribution in [1.29, 1.82) is 0 Å². The Morgan fingerprint density at radius 1 is 1.23 bits per heavy atom. The summed E-state index contributed by atoms with van der Waals surface area (Å²) in [6, 6.07) is 11.7. The molecule has 0 spiro atoms. The van der Waals surface area contributed by atoms with Crippen LogP contribution in [-0.4, -0.2) is 28.7 Å². The quantitative estimate of drug-likeness (QED) is 0.553. The van der Waals surface area contributed by atoms with Gasteiger partial charge in [0.2, 0.25) is 5.91 Å². The number of halogens is 2. The highest BCUT2D eigenvalue weighted by Gasteiger charge is 2.37. The summed E-state index contributed by atoms with van der Waals surface area (Å²) in [6.07, 6.45) is -0.0709. The number of rotatable bonds is 6. The average Bonchev–Trinajstić information content (AvgIpc) is 3.21. The molecule has 4 rings (SSSR count). The van der Waals surface area contributed by atoms with Crippen LogP contribution >= 0.6 is 23.2 Å². The van der Waals surface area contributed by atoms with Crippen LogP contribution in [0.5, 0.6) is 0 Å². The number of fused-ring (bicyclic) bond motifs is 1. The summed E-state index contributed by atoms with van der Waals surface area (Å²) in [6.45, 7) is 2.14. The number of amides is 2. The third-order valence-electron chi connectivity index (χ3n) is 5.07. The number of ether oxygens (including phenoxy) is 1. The van der Waals surface area contributed by atoms with E-state index in [1.807, 2.05) is 25.1 Å². The van der Waals surface area contributed by atoms with Crippen LogP contribution in [-0.2, 0) is 20.9 Å². The molecule has 2 amide bonds. The fourth-order valence-electron chi connectivity index (χ4n) is 3.53. The van der Waals surface area contributed by atoms with Crippen LogP contribution < -0.4 is 10.6 Å². The molecule has 31 heavy (non-hydrogen) atoms. The molecule has 1 unspecified atom stereocenters. The molecule has 0 fully saturated rings. The monoisotopic (exact) mass is 458 g/mol. The molecular formula is C22H20Cl2N4O3. The van der Waals surface area contributed by atoms with E-state index in [2.05, 4.69) is 15.7 Å². The second-order valence-electron chi connectivity index (χ2n) is 7.28. The SMILES string of the molecule is COCc1nn2c(c1-c1ccc(Cl)cc1)NC(=O)C2CC(=O)Nc1ccc(C)c(Cl)c1. The lowest BCUT2D eigenvalue weighted by Gasteiger charge is -2.11. The zero-order chi connectivity index (χ0) is 22.1. The predicted molar refractivity (Wildman–Crippen MR) is 120 cm³/mol. The molecule has 2 N–H and O–H groups in total. The number of methoxy groups -OCH3 is 1. The van der Waals surface area contributed by atoms with Crippen molar-refractivity contribution in [3.63, 3.8) is 0 Å². The number of aromatic nitrogens is 2. The fraction of sp³-hybridized carbons (Fsp3) is 0.227.